The molecule has 8 unspecified atom stereocenters. The van der Waals surface area contributed by atoms with E-state index >= 15 is 0 Å². The van der Waals surface area contributed by atoms with Gasteiger partial charge in [0.05, 0.1) is 24.7 Å². The Morgan fingerprint density at radius 2 is 1.40 bits per heavy atom. The average Bonchev–Trinajstić information content (AvgIpc) is 3.11. The van der Waals surface area contributed by atoms with Gasteiger partial charge in [-0.2, -0.15) is 8.42 Å². The monoisotopic (exact) mass is 707 g/mol. The van der Waals surface area contributed by atoms with Crippen molar-refractivity contribution in [2.75, 3.05) is 17.3 Å². The Morgan fingerprint density at radius 3 is 2.02 bits per heavy atom. The number of halogens is 1. The van der Waals surface area contributed by atoms with Crippen molar-refractivity contribution in [3.63, 3.8) is 0 Å². The van der Waals surface area contributed by atoms with Crippen LogP contribution in [0.2, 0.25) is 0 Å². The molecule has 8 atom stereocenters. The van der Waals surface area contributed by atoms with Gasteiger partial charge >= 0.3 is 10.1 Å². The second kappa shape index (κ2) is 15.0. The number of anilines is 1. The number of carbonyl (C=O) groups excluding carboxylic acids is 1. The Bertz CT molecular complexity index is 1860. The van der Waals surface area contributed by atoms with E-state index in [0.29, 0.717) is 18.4 Å². The standard InChI is InChI=1S/C37H38FNO10S/c38-26-14-10-24(11-15-26)30(41)19-18-29-33(39(37(29)45)27-4-2-1-3-5-27)25-8-6-22(7-9-25)23-12-16-28(17-13-23)49-50(46,47)21-32-35(43)36(44)34(42)31(20-40)48-32/h1-17,29-36,40-44H,18-21H2. The zero-order chi connectivity index (χ0) is 35.6. The van der Waals surface area contributed by atoms with Gasteiger partial charge in [-0.3, -0.25) is 4.79 Å². The molecule has 264 valence electrons. The summed E-state index contributed by atoms with van der Waals surface area (Å²) in [6.45, 7) is -0.682. The average molecular weight is 708 g/mol. The van der Waals surface area contributed by atoms with Gasteiger partial charge < -0.3 is 39.4 Å². The molecular weight excluding hydrogens is 669 g/mol. The lowest BCUT2D eigenvalue weighted by atomic mass is 9.78. The van der Waals surface area contributed by atoms with E-state index in [1.54, 1.807) is 17.0 Å². The number of hydrogen-bond donors (Lipinski definition) is 5. The summed E-state index contributed by atoms with van der Waals surface area (Å²) >= 11 is 0. The van der Waals surface area contributed by atoms with Crippen molar-refractivity contribution in [3.8, 4) is 16.9 Å². The fourth-order valence-electron chi connectivity index (χ4n) is 6.55. The summed E-state index contributed by atoms with van der Waals surface area (Å²) in [5.41, 5.74) is 3.84. The summed E-state index contributed by atoms with van der Waals surface area (Å²) in [5.74, 6) is -1.63. The molecule has 0 radical (unpaired) electrons. The molecule has 11 nitrogen and oxygen atoms in total. The van der Waals surface area contributed by atoms with Gasteiger partial charge in [-0.1, -0.05) is 66.7 Å². The second-order valence-corrected chi connectivity index (χ2v) is 14.2. The number of rotatable bonds is 12. The van der Waals surface area contributed by atoms with Crippen LogP contribution >= 0.6 is 0 Å². The van der Waals surface area contributed by atoms with Crippen LogP contribution in [-0.2, 0) is 19.6 Å². The van der Waals surface area contributed by atoms with E-state index in [2.05, 4.69) is 0 Å². The van der Waals surface area contributed by atoms with E-state index in [1.807, 2.05) is 54.6 Å². The zero-order valence-electron chi connectivity index (χ0n) is 26.8. The number of hydrogen-bond acceptors (Lipinski definition) is 10. The number of β-lactam (4-membered cyclic amide) rings is 1. The molecule has 13 heteroatoms. The summed E-state index contributed by atoms with van der Waals surface area (Å²) < 4.78 is 49.4. The van der Waals surface area contributed by atoms with Crippen LogP contribution in [0.15, 0.2) is 103 Å². The summed E-state index contributed by atoms with van der Waals surface area (Å²) in [6.07, 6.45) is -7.78. The summed E-state index contributed by atoms with van der Waals surface area (Å²) in [4.78, 5) is 15.2. The highest BCUT2D eigenvalue weighted by atomic mass is 32.2. The molecule has 2 fully saturated rings. The van der Waals surface area contributed by atoms with Crippen LogP contribution in [0.3, 0.4) is 0 Å². The molecule has 0 saturated carbocycles. The molecular formula is C37H38FNO10S. The number of ether oxygens (including phenoxy) is 1. The molecule has 2 aliphatic heterocycles. The molecule has 0 bridgehead atoms. The third kappa shape index (κ3) is 7.59. The van der Waals surface area contributed by atoms with Crippen molar-refractivity contribution in [1.29, 1.82) is 0 Å². The first-order valence-electron chi connectivity index (χ1n) is 16.2. The number of carbonyl (C=O) groups is 1. The van der Waals surface area contributed by atoms with Crippen LogP contribution in [0, 0.1) is 11.7 Å². The number of aliphatic hydroxyl groups excluding tert-OH is 5. The molecule has 4 aromatic carbocycles. The van der Waals surface area contributed by atoms with Crippen LogP contribution < -0.4 is 9.08 Å². The second-order valence-electron chi connectivity index (χ2n) is 12.6. The van der Waals surface area contributed by atoms with Gasteiger partial charge in [-0.05, 0) is 71.5 Å². The Morgan fingerprint density at radius 1 is 0.800 bits per heavy atom. The molecule has 2 aliphatic rings. The minimum atomic E-state index is -4.32. The van der Waals surface area contributed by atoms with Crippen molar-refractivity contribution >= 4 is 21.7 Å². The van der Waals surface area contributed by atoms with Crippen LogP contribution in [0.4, 0.5) is 10.1 Å². The first-order valence-corrected chi connectivity index (χ1v) is 17.8. The van der Waals surface area contributed by atoms with Gasteiger partial charge in [0, 0.05) is 5.69 Å². The summed E-state index contributed by atoms with van der Waals surface area (Å²) in [6, 6.07) is 28.7. The lowest BCUT2D eigenvalue weighted by Crippen LogP contribution is -2.60. The molecule has 2 heterocycles. The van der Waals surface area contributed by atoms with E-state index in [0.717, 1.165) is 22.4 Å². The lowest BCUT2D eigenvalue weighted by molar-refractivity contribution is -0.223. The predicted molar refractivity (Wildman–Crippen MR) is 181 cm³/mol. The summed E-state index contributed by atoms with van der Waals surface area (Å²) in [7, 11) is -4.32. The van der Waals surface area contributed by atoms with Gasteiger partial charge in [0.1, 0.15) is 47.8 Å². The van der Waals surface area contributed by atoms with E-state index in [4.69, 9.17) is 8.92 Å². The molecule has 1 amide bonds. The van der Waals surface area contributed by atoms with E-state index in [-0.39, 0.29) is 29.4 Å². The highest BCUT2D eigenvalue weighted by Crippen LogP contribution is 2.46. The van der Waals surface area contributed by atoms with Crippen molar-refractivity contribution < 1.29 is 52.1 Å². The van der Waals surface area contributed by atoms with E-state index in [1.165, 1.54) is 36.4 Å². The van der Waals surface area contributed by atoms with Crippen LogP contribution in [0.1, 0.15) is 36.1 Å². The number of benzene rings is 4. The van der Waals surface area contributed by atoms with Crippen LogP contribution in [0.25, 0.3) is 11.1 Å². The van der Waals surface area contributed by atoms with Crippen molar-refractivity contribution in [2.45, 2.75) is 55.5 Å². The van der Waals surface area contributed by atoms with Gasteiger partial charge in [0.25, 0.3) is 0 Å². The predicted octanol–water partition coefficient (Wildman–Crippen LogP) is 3.26. The molecule has 50 heavy (non-hydrogen) atoms. The number of aliphatic hydroxyl groups is 5. The number of para-hydroxylation sites is 1. The molecule has 5 N–H and O–H groups in total. The quantitative estimate of drug-likeness (QED) is 0.109. The first kappa shape index (κ1) is 35.6. The Labute approximate surface area is 288 Å². The molecule has 0 aromatic heterocycles. The van der Waals surface area contributed by atoms with Crippen LogP contribution in [-0.4, -0.2) is 82.7 Å². The Kier molecular flexibility index (Phi) is 10.6. The molecule has 0 aliphatic carbocycles. The largest absolute Gasteiger partial charge is 0.394 e. The molecule has 2 saturated heterocycles. The van der Waals surface area contributed by atoms with Gasteiger partial charge in [0.2, 0.25) is 5.91 Å². The maximum atomic E-state index is 13.4. The SMILES string of the molecule is O=C1C(CCC(O)c2ccc(F)cc2)C(c2ccc(-c3ccc(OS(=O)(=O)CC4OC(CO)C(O)C(O)C4O)cc3)cc2)N1c1ccccc1. The van der Waals surface area contributed by atoms with Crippen molar-refractivity contribution in [3.05, 3.63) is 120 Å². The minimum Gasteiger partial charge on any atom is -0.394 e. The lowest BCUT2D eigenvalue weighted by Gasteiger charge is -2.48. The highest BCUT2D eigenvalue weighted by Gasteiger charge is 2.48. The number of nitrogens with zero attached hydrogens (tertiary/aromatic N) is 1. The normalized spacial score (nSPS) is 25.9. The fraction of sp³-hybridized carbons (Fsp3) is 0.324. The highest BCUT2D eigenvalue weighted by molar-refractivity contribution is 7.87. The van der Waals surface area contributed by atoms with Gasteiger partial charge in [0.15, 0.2) is 0 Å². The molecule has 4 aromatic rings. The third-order valence-electron chi connectivity index (χ3n) is 9.28. The van der Waals surface area contributed by atoms with E-state index in [9.17, 15) is 43.1 Å². The number of amides is 1. The van der Waals surface area contributed by atoms with Gasteiger partial charge in [-0.15, -0.1) is 0 Å². The van der Waals surface area contributed by atoms with Crippen LogP contribution in [0.5, 0.6) is 5.75 Å². The fourth-order valence-corrected chi connectivity index (χ4v) is 7.70. The minimum absolute atomic E-state index is 0.00658. The molecule has 0 spiro atoms. The topological polar surface area (TPSA) is 174 Å². The molecule has 6 rings (SSSR count). The van der Waals surface area contributed by atoms with Gasteiger partial charge in [-0.25, -0.2) is 4.39 Å². The maximum Gasteiger partial charge on any atom is 0.311 e. The zero-order valence-corrected chi connectivity index (χ0v) is 27.6. The smallest absolute Gasteiger partial charge is 0.311 e. The summed E-state index contributed by atoms with van der Waals surface area (Å²) in [5, 5.41) is 50.2. The maximum absolute atomic E-state index is 13.4. The third-order valence-corrected chi connectivity index (χ3v) is 10.5. The Hall–Kier alpha value is -4.21. The van der Waals surface area contributed by atoms with E-state index < -0.39 is 59.1 Å². The van der Waals surface area contributed by atoms with Crippen molar-refractivity contribution in [2.24, 2.45) is 5.92 Å². The van der Waals surface area contributed by atoms with Crippen molar-refractivity contribution in [1.82, 2.24) is 0 Å². The first-order chi connectivity index (χ1) is 24.0. The Balaban J connectivity index is 1.13.